The van der Waals surface area contributed by atoms with Crippen molar-refractivity contribution in [1.29, 1.82) is 0 Å². The van der Waals surface area contributed by atoms with Crippen molar-refractivity contribution in [2.24, 2.45) is 0 Å². The minimum atomic E-state index is -1.20. The Balaban J connectivity index is 2.18. The number of carbonyl (C=O) groups is 2. The van der Waals surface area contributed by atoms with Crippen molar-refractivity contribution in [3.8, 4) is 5.75 Å². The summed E-state index contributed by atoms with van der Waals surface area (Å²) in [7, 11) is 0. The van der Waals surface area contributed by atoms with Crippen LogP contribution in [0.4, 0.5) is 0 Å². The first-order valence-corrected chi connectivity index (χ1v) is 7.24. The summed E-state index contributed by atoms with van der Waals surface area (Å²) in [5.41, 5.74) is 0.276. The number of thiophene rings is 1. The Labute approximate surface area is 132 Å². The van der Waals surface area contributed by atoms with E-state index in [-0.39, 0.29) is 16.6 Å². The molecule has 0 unspecified atom stereocenters. The van der Waals surface area contributed by atoms with Gasteiger partial charge in [-0.25, -0.2) is 4.98 Å². The largest absolute Gasteiger partial charge is 0.504 e. The molecule has 0 aliphatic rings. The predicted octanol–water partition coefficient (Wildman–Crippen LogP) is 2.02. The van der Waals surface area contributed by atoms with Gasteiger partial charge >= 0.3 is 5.97 Å². The fraction of sp³-hybridized carbons (Fsp3) is 0.0769. The van der Waals surface area contributed by atoms with Gasteiger partial charge < -0.3 is 15.5 Å². The lowest BCUT2D eigenvalue weighted by Crippen LogP contribution is -2.30. The van der Waals surface area contributed by atoms with Gasteiger partial charge in [0, 0.05) is 6.20 Å². The van der Waals surface area contributed by atoms with E-state index in [4.69, 9.17) is 16.7 Å². The van der Waals surface area contributed by atoms with Crippen LogP contribution in [0.5, 0.6) is 5.75 Å². The van der Waals surface area contributed by atoms with Crippen molar-refractivity contribution in [3.63, 3.8) is 0 Å². The number of aromatic nitrogens is 2. The molecule has 22 heavy (non-hydrogen) atoms. The molecule has 0 aliphatic heterocycles. The lowest BCUT2D eigenvalue weighted by molar-refractivity contribution is -0.135. The Morgan fingerprint density at radius 2 is 2.18 bits per heavy atom. The Hall–Kier alpha value is -2.45. The average Bonchev–Trinajstić information content (AvgIpc) is 2.88. The van der Waals surface area contributed by atoms with E-state index in [9.17, 15) is 14.7 Å². The maximum atomic E-state index is 11.9. The summed E-state index contributed by atoms with van der Waals surface area (Å²) in [4.78, 5) is 30.5. The highest BCUT2D eigenvalue weighted by Crippen LogP contribution is 2.41. The van der Waals surface area contributed by atoms with Gasteiger partial charge in [0.2, 0.25) is 0 Å². The second-order valence-corrected chi connectivity index (χ2v) is 5.74. The van der Waals surface area contributed by atoms with E-state index in [0.29, 0.717) is 15.6 Å². The molecule has 7 nitrogen and oxygen atoms in total. The minimum absolute atomic E-state index is 0.0261. The van der Waals surface area contributed by atoms with E-state index in [0.717, 1.165) is 4.70 Å². The molecule has 9 heteroatoms. The van der Waals surface area contributed by atoms with Crippen LogP contribution in [0.2, 0.25) is 5.15 Å². The van der Waals surface area contributed by atoms with Crippen LogP contribution in [0, 0.1) is 0 Å². The second kappa shape index (κ2) is 5.39. The number of aliphatic carboxylic acids is 1. The molecule has 3 heterocycles. The van der Waals surface area contributed by atoms with Crippen LogP contribution in [0.15, 0.2) is 18.3 Å². The summed E-state index contributed by atoms with van der Waals surface area (Å²) in [6, 6.07) is 3.56. The highest BCUT2D eigenvalue weighted by molar-refractivity contribution is 7.26. The summed E-state index contributed by atoms with van der Waals surface area (Å²) in [6.07, 6.45) is 1.59. The summed E-state index contributed by atoms with van der Waals surface area (Å²) in [5.74, 6) is -2.36. The molecule has 1 amide bonds. The molecule has 0 aromatic carbocycles. The van der Waals surface area contributed by atoms with Crippen molar-refractivity contribution in [3.05, 3.63) is 29.2 Å². The first-order chi connectivity index (χ1) is 10.5. The van der Waals surface area contributed by atoms with E-state index < -0.39 is 18.4 Å². The number of nitrogens with zero attached hydrogens (tertiary/aromatic N) is 2. The number of carbonyl (C=O) groups excluding carboxylic acids is 1. The maximum absolute atomic E-state index is 11.9. The first-order valence-electron chi connectivity index (χ1n) is 6.04. The minimum Gasteiger partial charge on any atom is -0.504 e. The fourth-order valence-corrected chi connectivity index (χ4v) is 3.43. The van der Waals surface area contributed by atoms with Crippen LogP contribution in [0.25, 0.3) is 20.3 Å². The zero-order valence-electron chi connectivity index (χ0n) is 10.8. The molecular weight excluding hydrogens is 330 g/mol. The molecule has 0 radical (unpaired) electrons. The molecule has 3 aromatic heterocycles. The van der Waals surface area contributed by atoms with Crippen LogP contribution in [0.1, 0.15) is 10.5 Å². The van der Waals surface area contributed by atoms with Crippen LogP contribution >= 0.6 is 22.9 Å². The van der Waals surface area contributed by atoms with E-state index in [1.165, 1.54) is 11.3 Å². The summed E-state index contributed by atoms with van der Waals surface area (Å²) < 4.78 is 1.17. The van der Waals surface area contributed by atoms with Gasteiger partial charge in [-0.1, -0.05) is 11.6 Å². The Morgan fingerprint density at radius 3 is 2.91 bits per heavy atom. The van der Waals surface area contributed by atoms with Crippen LogP contribution in [0.3, 0.4) is 0 Å². The molecule has 0 saturated carbocycles. The van der Waals surface area contributed by atoms with Crippen molar-refractivity contribution in [1.82, 2.24) is 15.3 Å². The van der Waals surface area contributed by atoms with Gasteiger partial charge in [-0.2, -0.15) is 0 Å². The molecule has 0 atom stereocenters. The molecule has 0 bridgehead atoms. The summed E-state index contributed by atoms with van der Waals surface area (Å²) in [5, 5.41) is 21.5. The number of hydrogen-bond donors (Lipinski definition) is 3. The molecule has 0 aliphatic carbocycles. The first kappa shape index (κ1) is 14.5. The number of amides is 1. The van der Waals surface area contributed by atoms with Crippen molar-refractivity contribution >= 4 is 55.1 Å². The Kier molecular flexibility index (Phi) is 3.55. The average molecular weight is 338 g/mol. The molecule has 0 spiro atoms. The molecule has 0 saturated heterocycles. The number of aromatic hydroxyl groups is 1. The number of carboxylic acid groups (broad SMARTS) is 1. The number of hydrogen-bond acceptors (Lipinski definition) is 6. The topological polar surface area (TPSA) is 112 Å². The summed E-state index contributed by atoms with van der Waals surface area (Å²) >= 11 is 7.33. The zero-order valence-corrected chi connectivity index (χ0v) is 12.4. The summed E-state index contributed by atoms with van der Waals surface area (Å²) in [6.45, 7) is -0.580. The van der Waals surface area contributed by atoms with Gasteiger partial charge in [-0.05, 0) is 12.1 Å². The van der Waals surface area contributed by atoms with E-state index in [1.807, 2.05) is 6.07 Å². The Morgan fingerprint density at radius 1 is 1.41 bits per heavy atom. The lowest BCUT2D eigenvalue weighted by Gasteiger charge is -2.06. The van der Waals surface area contributed by atoms with Crippen LogP contribution in [-0.2, 0) is 4.79 Å². The zero-order chi connectivity index (χ0) is 15.9. The normalized spacial score (nSPS) is 11.0. The highest BCUT2D eigenvalue weighted by Gasteiger charge is 2.22. The third-order valence-electron chi connectivity index (χ3n) is 2.92. The van der Waals surface area contributed by atoms with Gasteiger partial charge in [0.1, 0.15) is 11.7 Å². The van der Waals surface area contributed by atoms with Crippen molar-refractivity contribution < 1.29 is 19.8 Å². The molecule has 3 N–H and O–H groups in total. The van der Waals surface area contributed by atoms with Crippen molar-refractivity contribution in [2.45, 2.75) is 0 Å². The van der Waals surface area contributed by atoms with Gasteiger partial charge in [0.15, 0.2) is 11.4 Å². The van der Waals surface area contributed by atoms with Crippen LogP contribution in [-0.4, -0.2) is 38.6 Å². The van der Waals surface area contributed by atoms with E-state index >= 15 is 0 Å². The molecular formula is C13H8ClN3O4S. The second-order valence-electron chi connectivity index (χ2n) is 4.33. The molecule has 112 valence electrons. The van der Waals surface area contributed by atoms with Gasteiger partial charge in [-0.3, -0.25) is 14.6 Å². The quantitative estimate of drug-likeness (QED) is 0.630. The van der Waals surface area contributed by atoms with Crippen LogP contribution < -0.4 is 5.32 Å². The van der Waals surface area contributed by atoms with Gasteiger partial charge in [0.25, 0.3) is 5.91 Å². The number of pyridine rings is 2. The third kappa shape index (κ3) is 2.32. The lowest BCUT2D eigenvalue weighted by atomic mass is 10.2. The van der Waals surface area contributed by atoms with E-state index in [1.54, 1.807) is 12.3 Å². The number of carboxylic acids is 1. The number of fused-ring (bicyclic) bond motifs is 3. The maximum Gasteiger partial charge on any atom is 0.322 e. The van der Waals surface area contributed by atoms with E-state index in [2.05, 4.69) is 15.3 Å². The Bertz CT molecular complexity index is 924. The van der Waals surface area contributed by atoms with Crippen molar-refractivity contribution in [2.75, 3.05) is 6.54 Å². The SMILES string of the molecule is O=C(O)CNC(=O)c1nc(Cl)c2c(sc3cccnc32)c1O. The third-order valence-corrected chi connectivity index (χ3v) is 4.34. The fourth-order valence-electron chi connectivity index (χ4n) is 2.00. The monoisotopic (exact) mass is 337 g/mol. The molecule has 3 aromatic rings. The molecule has 0 fully saturated rings. The number of rotatable bonds is 3. The smallest absolute Gasteiger partial charge is 0.322 e. The highest BCUT2D eigenvalue weighted by atomic mass is 35.5. The predicted molar refractivity (Wildman–Crippen MR) is 81.6 cm³/mol. The molecule has 3 rings (SSSR count). The standard InChI is InChI=1S/C13H8ClN3O4S/c14-12-7-8-5(2-1-3-15-8)22-11(7)10(20)9(17-12)13(21)16-4-6(18)19/h1-3,20H,4H2,(H,16,21)(H,18,19). The number of halogens is 1. The van der Waals surface area contributed by atoms with Gasteiger partial charge in [0.05, 0.1) is 20.3 Å². The van der Waals surface area contributed by atoms with Gasteiger partial charge in [-0.15, -0.1) is 11.3 Å². The number of nitrogens with one attached hydrogen (secondary N) is 1.